The molecule has 0 fully saturated rings. The molecule has 3 rings (SSSR count). The van der Waals surface area contributed by atoms with E-state index in [1.54, 1.807) is 11.3 Å². The number of hydrogen-bond acceptors (Lipinski definition) is 5. The summed E-state index contributed by atoms with van der Waals surface area (Å²) in [5.41, 5.74) is 2.03. The summed E-state index contributed by atoms with van der Waals surface area (Å²) >= 11 is 1.62. The van der Waals surface area contributed by atoms with Crippen LogP contribution >= 0.6 is 11.3 Å². The number of hydrogen-bond donors (Lipinski definition) is 1. The minimum absolute atomic E-state index is 0.231. The molecule has 2 aromatic heterocycles. The van der Waals surface area contributed by atoms with E-state index in [1.165, 1.54) is 0 Å². The molecule has 1 atom stereocenters. The molecule has 20 heavy (non-hydrogen) atoms. The molecule has 4 nitrogen and oxygen atoms in total. The fraction of sp³-hybridized carbons (Fsp3) is 0.267. The van der Waals surface area contributed by atoms with Crippen molar-refractivity contribution in [3.63, 3.8) is 0 Å². The number of nitrogens with one attached hydrogen (secondary N) is 1. The van der Waals surface area contributed by atoms with E-state index in [-0.39, 0.29) is 6.04 Å². The Morgan fingerprint density at radius 2 is 2.05 bits per heavy atom. The monoisotopic (exact) mass is 284 g/mol. The molecule has 0 aliphatic rings. The first kappa shape index (κ1) is 13.1. The van der Waals surface area contributed by atoms with Crippen LogP contribution < -0.4 is 5.32 Å². The molecule has 1 unspecified atom stereocenters. The molecule has 3 aromatic rings. The van der Waals surface area contributed by atoms with Crippen LogP contribution in [0.1, 0.15) is 24.9 Å². The number of benzene rings is 1. The Morgan fingerprint density at radius 3 is 2.90 bits per heavy atom. The SMILES string of the molecule is CCNC(C)c1nnc(-c2cccc3cccnc23)s1. The molecule has 0 spiro atoms. The van der Waals surface area contributed by atoms with Crippen molar-refractivity contribution in [1.29, 1.82) is 0 Å². The van der Waals surface area contributed by atoms with E-state index in [2.05, 4.69) is 52.5 Å². The van der Waals surface area contributed by atoms with Crippen LogP contribution in [0.15, 0.2) is 36.5 Å². The predicted octanol–water partition coefficient (Wildman–Crippen LogP) is 3.42. The highest BCUT2D eigenvalue weighted by atomic mass is 32.1. The van der Waals surface area contributed by atoms with Crippen LogP contribution in [0, 0.1) is 0 Å². The Labute approximate surface area is 121 Å². The molecule has 0 radical (unpaired) electrons. The van der Waals surface area contributed by atoms with Crippen LogP contribution in [0.5, 0.6) is 0 Å². The summed E-state index contributed by atoms with van der Waals surface area (Å²) in [6.45, 7) is 5.12. The molecule has 102 valence electrons. The molecule has 1 N–H and O–H groups in total. The second-order valence-corrected chi connectivity index (χ2v) is 5.61. The molecule has 5 heteroatoms. The third-order valence-electron chi connectivity index (χ3n) is 3.18. The summed E-state index contributed by atoms with van der Waals surface area (Å²) in [6.07, 6.45) is 1.81. The van der Waals surface area contributed by atoms with Gasteiger partial charge in [0.05, 0.1) is 11.6 Å². The lowest BCUT2D eigenvalue weighted by Crippen LogP contribution is -2.17. The van der Waals surface area contributed by atoms with Gasteiger partial charge in [0.15, 0.2) is 0 Å². The third kappa shape index (κ3) is 2.42. The minimum Gasteiger partial charge on any atom is -0.308 e. The summed E-state index contributed by atoms with van der Waals surface area (Å²) in [7, 11) is 0. The lowest BCUT2D eigenvalue weighted by molar-refractivity contribution is 0.590. The van der Waals surface area contributed by atoms with Gasteiger partial charge in [-0.15, -0.1) is 10.2 Å². The summed E-state index contributed by atoms with van der Waals surface area (Å²) in [5, 5.41) is 15.0. The number of pyridine rings is 1. The number of para-hydroxylation sites is 1. The molecule has 0 saturated carbocycles. The van der Waals surface area contributed by atoms with Crippen LogP contribution in [0.25, 0.3) is 21.5 Å². The van der Waals surface area contributed by atoms with E-state index in [1.807, 2.05) is 18.3 Å². The maximum Gasteiger partial charge on any atom is 0.150 e. The van der Waals surface area contributed by atoms with Crippen molar-refractivity contribution in [2.24, 2.45) is 0 Å². The standard InChI is InChI=1S/C15H16N4S/c1-3-16-10(2)14-18-19-15(20-14)12-8-4-6-11-7-5-9-17-13(11)12/h4-10,16H,3H2,1-2H3. The highest BCUT2D eigenvalue weighted by Crippen LogP contribution is 2.31. The highest BCUT2D eigenvalue weighted by Gasteiger charge is 2.14. The Morgan fingerprint density at radius 1 is 1.20 bits per heavy atom. The van der Waals surface area contributed by atoms with Crippen LogP contribution in [-0.2, 0) is 0 Å². The Kier molecular flexibility index (Phi) is 3.71. The first-order valence-corrected chi connectivity index (χ1v) is 7.52. The van der Waals surface area contributed by atoms with E-state index in [4.69, 9.17) is 0 Å². The normalized spacial score (nSPS) is 12.7. The van der Waals surface area contributed by atoms with E-state index in [9.17, 15) is 0 Å². The first-order valence-electron chi connectivity index (χ1n) is 6.70. The van der Waals surface area contributed by atoms with Crippen LogP contribution in [-0.4, -0.2) is 21.7 Å². The Bertz CT molecular complexity index is 717. The lowest BCUT2D eigenvalue weighted by atomic mass is 10.1. The summed E-state index contributed by atoms with van der Waals surface area (Å²) in [4.78, 5) is 4.47. The lowest BCUT2D eigenvalue weighted by Gasteiger charge is -2.06. The molecule has 0 amide bonds. The molecular weight excluding hydrogens is 268 g/mol. The minimum atomic E-state index is 0.231. The average molecular weight is 284 g/mol. The van der Waals surface area contributed by atoms with Gasteiger partial charge in [0.25, 0.3) is 0 Å². The quantitative estimate of drug-likeness (QED) is 0.797. The predicted molar refractivity (Wildman–Crippen MR) is 82.7 cm³/mol. The average Bonchev–Trinajstić information content (AvgIpc) is 2.97. The molecule has 0 aliphatic carbocycles. The van der Waals surface area contributed by atoms with Crippen LogP contribution in [0.2, 0.25) is 0 Å². The van der Waals surface area contributed by atoms with Gasteiger partial charge in [-0.1, -0.05) is 36.5 Å². The van der Waals surface area contributed by atoms with E-state index in [0.29, 0.717) is 0 Å². The van der Waals surface area contributed by atoms with Gasteiger partial charge in [-0.05, 0) is 25.6 Å². The maximum atomic E-state index is 4.47. The molecular formula is C15H16N4S. The molecule has 1 aromatic carbocycles. The van der Waals surface area contributed by atoms with Gasteiger partial charge in [0.2, 0.25) is 0 Å². The molecule has 0 saturated heterocycles. The van der Waals surface area contributed by atoms with Crippen molar-refractivity contribution in [3.8, 4) is 10.6 Å². The number of fused-ring (bicyclic) bond motifs is 1. The highest BCUT2D eigenvalue weighted by molar-refractivity contribution is 7.14. The number of rotatable bonds is 4. The zero-order valence-corrected chi connectivity index (χ0v) is 12.3. The van der Waals surface area contributed by atoms with Crippen molar-refractivity contribution < 1.29 is 0 Å². The van der Waals surface area contributed by atoms with Gasteiger partial charge in [-0.3, -0.25) is 4.98 Å². The summed E-state index contributed by atoms with van der Waals surface area (Å²) in [5.74, 6) is 0. The van der Waals surface area contributed by atoms with Gasteiger partial charge in [0.1, 0.15) is 10.0 Å². The van der Waals surface area contributed by atoms with Crippen molar-refractivity contribution in [3.05, 3.63) is 41.5 Å². The third-order valence-corrected chi connectivity index (χ3v) is 4.32. The Balaban J connectivity index is 2.03. The summed E-state index contributed by atoms with van der Waals surface area (Å²) < 4.78 is 0. The topological polar surface area (TPSA) is 50.7 Å². The van der Waals surface area contributed by atoms with Gasteiger partial charge < -0.3 is 5.32 Å². The number of nitrogens with zero attached hydrogens (tertiary/aromatic N) is 3. The van der Waals surface area contributed by atoms with Gasteiger partial charge in [0, 0.05) is 17.1 Å². The molecule has 0 bridgehead atoms. The molecule has 0 aliphatic heterocycles. The smallest absolute Gasteiger partial charge is 0.150 e. The fourth-order valence-corrected chi connectivity index (χ4v) is 3.08. The zero-order valence-electron chi connectivity index (χ0n) is 11.5. The largest absolute Gasteiger partial charge is 0.308 e. The fourth-order valence-electron chi connectivity index (χ4n) is 2.19. The summed E-state index contributed by atoms with van der Waals surface area (Å²) in [6, 6.07) is 10.4. The number of aromatic nitrogens is 3. The van der Waals surface area contributed by atoms with Gasteiger partial charge in [-0.2, -0.15) is 0 Å². The van der Waals surface area contributed by atoms with E-state index in [0.717, 1.165) is 33.0 Å². The van der Waals surface area contributed by atoms with E-state index >= 15 is 0 Å². The van der Waals surface area contributed by atoms with Gasteiger partial charge >= 0.3 is 0 Å². The van der Waals surface area contributed by atoms with Crippen molar-refractivity contribution in [2.75, 3.05) is 6.54 Å². The van der Waals surface area contributed by atoms with Crippen LogP contribution in [0.3, 0.4) is 0 Å². The van der Waals surface area contributed by atoms with Crippen molar-refractivity contribution in [2.45, 2.75) is 19.9 Å². The zero-order chi connectivity index (χ0) is 13.9. The van der Waals surface area contributed by atoms with Crippen molar-refractivity contribution >= 4 is 22.2 Å². The van der Waals surface area contributed by atoms with E-state index < -0.39 is 0 Å². The first-order chi connectivity index (χ1) is 9.79. The molecule has 2 heterocycles. The maximum absolute atomic E-state index is 4.47. The second-order valence-electron chi connectivity index (χ2n) is 4.61. The van der Waals surface area contributed by atoms with Crippen molar-refractivity contribution in [1.82, 2.24) is 20.5 Å². The second kappa shape index (κ2) is 5.64. The van der Waals surface area contributed by atoms with Gasteiger partial charge in [-0.25, -0.2) is 0 Å². The Hall–Kier alpha value is -1.85. The van der Waals surface area contributed by atoms with Crippen LogP contribution in [0.4, 0.5) is 0 Å².